The standard InChI is InChI=1S/C21H18F5N3O3/c1-11(21(24,25)26)32-16-6-4-12(7-27)18(31-2)17(16)20(30)29-9-14(10-29)15-5-3-13(8-28-15)19(22)23/h3-6,8,11,14,19H,9-10H2,1-2H3. The van der Waals surface area contributed by atoms with Crippen molar-refractivity contribution in [2.45, 2.75) is 31.5 Å². The van der Waals surface area contributed by atoms with E-state index in [4.69, 9.17) is 9.47 Å². The molecule has 2 aromatic rings. The van der Waals surface area contributed by atoms with Crippen LogP contribution in [-0.2, 0) is 0 Å². The molecule has 2 heterocycles. The molecule has 1 aliphatic rings. The second-order valence-electron chi connectivity index (χ2n) is 7.16. The van der Waals surface area contributed by atoms with Crippen LogP contribution >= 0.6 is 0 Å². The topological polar surface area (TPSA) is 75.5 Å². The van der Waals surface area contributed by atoms with E-state index in [-0.39, 0.29) is 47.2 Å². The monoisotopic (exact) mass is 455 g/mol. The van der Waals surface area contributed by atoms with Crippen LogP contribution in [0.5, 0.6) is 11.5 Å². The van der Waals surface area contributed by atoms with Gasteiger partial charge in [-0.05, 0) is 31.2 Å². The van der Waals surface area contributed by atoms with E-state index in [0.717, 1.165) is 19.2 Å². The third-order valence-corrected chi connectivity index (χ3v) is 5.07. The lowest BCUT2D eigenvalue weighted by Gasteiger charge is -2.39. The van der Waals surface area contributed by atoms with Crippen LogP contribution in [0.4, 0.5) is 22.0 Å². The molecule has 0 saturated carbocycles. The van der Waals surface area contributed by atoms with Crippen LogP contribution in [0.15, 0.2) is 30.5 Å². The normalized spacial score (nSPS) is 15.2. The number of methoxy groups -OCH3 is 1. The minimum atomic E-state index is -4.67. The molecule has 1 aromatic heterocycles. The molecule has 3 rings (SSSR count). The second-order valence-corrected chi connectivity index (χ2v) is 7.16. The van der Waals surface area contributed by atoms with Gasteiger partial charge in [-0.15, -0.1) is 0 Å². The van der Waals surface area contributed by atoms with Gasteiger partial charge in [0, 0.05) is 36.5 Å². The Bertz CT molecular complexity index is 1030. The minimum absolute atomic E-state index is 0.0378. The van der Waals surface area contributed by atoms with E-state index in [1.54, 1.807) is 0 Å². The first-order valence-corrected chi connectivity index (χ1v) is 9.44. The average Bonchev–Trinajstić information content (AvgIpc) is 2.71. The van der Waals surface area contributed by atoms with Gasteiger partial charge in [0.25, 0.3) is 12.3 Å². The molecule has 0 bridgehead atoms. The van der Waals surface area contributed by atoms with Crippen molar-refractivity contribution in [2.75, 3.05) is 20.2 Å². The molecule has 170 valence electrons. The number of carbonyl (C=O) groups is 1. The number of pyridine rings is 1. The van der Waals surface area contributed by atoms with Gasteiger partial charge in [-0.3, -0.25) is 9.78 Å². The number of nitriles is 1. The van der Waals surface area contributed by atoms with Crippen LogP contribution in [0, 0.1) is 11.3 Å². The van der Waals surface area contributed by atoms with Gasteiger partial charge in [-0.1, -0.05) is 0 Å². The van der Waals surface area contributed by atoms with E-state index in [1.807, 2.05) is 6.07 Å². The summed E-state index contributed by atoms with van der Waals surface area (Å²) in [5.41, 5.74) is -0.0377. The maximum atomic E-state index is 13.1. The third-order valence-electron chi connectivity index (χ3n) is 5.07. The number of benzene rings is 1. The molecule has 32 heavy (non-hydrogen) atoms. The number of alkyl halides is 5. The number of hydrogen-bond donors (Lipinski definition) is 0. The number of rotatable bonds is 6. The van der Waals surface area contributed by atoms with Crippen molar-refractivity contribution < 1.29 is 36.2 Å². The maximum absolute atomic E-state index is 13.1. The Hall–Kier alpha value is -3.42. The SMILES string of the molecule is COc1c(C#N)ccc(OC(C)C(F)(F)F)c1C(=O)N1CC(c2ccc(C(F)F)cn2)C1. The van der Waals surface area contributed by atoms with E-state index < -0.39 is 24.6 Å². The summed E-state index contributed by atoms with van der Waals surface area (Å²) in [6.45, 7) is 1.12. The van der Waals surface area contributed by atoms with E-state index in [9.17, 15) is 32.0 Å². The van der Waals surface area contributed by atoms with Gasteiger partial charge in [0.2, 0.25) is 0 Å². The zero-order valence-electron chi connectivity index (χ0n) is 17.0. The van der Waals surface area contributed by atoms with Gasteiger partial charge in [0.1, 0.15) is 17.4 Å². The Labute approximate surface area is 180 Å². The Morgan fingerprint density at radius 1 is 1.25 bits per heavy atom. The van der Waals surface area contributed by atoms with Gasteiger partial charge in [0.05, 0.1) is 12.7 Å². The summed E-state index contributed by atoms with van der Waals surface area (Å²) in [5, 5.41) is 9.28. The molecule has 0 radical (unpaired) electrons. The van der Waals surface area contributed by atoms with Crippen LogP contribution in [0.25, 0.3) is 0 Å². The number of nitrogens with zero attached hydrogens (tertiary/aromatic N) is 3. The van der Waals surface area contributed by atoms with Crippen molar-refractivity contribution in [3.63, 3.8) is 0 Å². The second kappa shape index (κ2) is 8.98. The fourth-order valence-corrected chi connectivity index (χ4v) is 3.20. The first-order chi connectivity index (χ1) is 15.1. The molecule has 0 N–H and O–H groups in total. The van der Waals surface area contributed by atoms with Gasteiger partial charge < -0.3 is 14.4 Å². The maximum Gasteiger partial charge on any atom is 0.425 e. The highest BCUT2D eigenvalue weighted by molar-refractivity contribution is 6.01. The summed E-state index contributed by atoms with van der Waals surface area (Å²) >= 11 is 0. The summed E-state index contributed by atoms with van der Waals surface area (Å²) in [6, 6.07) is 6.87. The summed E-state index contributed by atoms with van der Waals surface area (Å²) in [6.07, 6.45) is -8.45. The molecule has 0 spiro atoms. The lowest BCUT2D eigenvalue weighted by atomic mass is 9.94. The predicted molar refractivity (Wildman–Crippen MR) is 102 cm³/mol. The van der Waals surface area contributed by atoms with Gasteiger partial charge >= 0.3 is 6.18 Å². The molecule has 1 fully saturated rings. The molecule has 1 atom stereocenters. The summed E-state index contributed by atoms with van der Waals surface area (Å²) < 4.78 is 74.5. The van der Waals surface area contributed by atoms with Crippen molar-refractivity contribution in [2.24, 2.45) is 0 Å². The van der Waals surface area contributed by atoms with Gasteiger partial charge in [-0.2, -0.15) is 18.4 Å². The number of hydrogen-bond acceptors (Lipinski definition) is 5. The van der Waals surface area contributed by atoms with Crippen LogP contribution in [0.2, 0.25) is 0 Å². The number of amides is 1. The first kappa shape index (κ1) is 23.2. The molecule has 1 amide bonds. The number of halogens is 5. The molecule has 1 unspecified atom stereocenters. The smallest absolute Gasteiger partial charge is 0.425 e. The van der Waals surface area contributed by atoms with Crippen LogP contribution < -0.4 is 9.47 Å². The lowest BCUT2D eigenvalue weighted by Crippen LogP contribution is -2.49. The first-order valence-electron chi connectivity index (χ1n) is 9.44. The van der Waals surface area contributed by atoms with E-state index >= 15 is 0 Å². The number of aromatic nitrogens is 1. The fourth-order valence-electron chi connectivity index (χ4n) is 3.20. The number of carbonyl (C=O) groups excluding carboxylic acids is 1. The summed E-state index contributed by atoms with van der Waals surface area (Å²) in [4.78, 5) is 18.4. The zero-order chi connectivity index (χ0) is 23.6. The molecule has 6 nitrogen and oxygen atoms in total. The lowest BCUT2D eigenvalue weighted by molar-refractivity contribution is -0.189. The van der Waals surface area contributed by atoms with E-state index in [0.29, 0.717) is 5.69 Å². The van der Waals surface area contributed by atoms with E-state index in [1.165, 1.54) is 30.2 Å². The highest BCUT2D eigenvalue weighted by Gasteiger charge is 2.41. The van der Waals surface area contributed by atoms with Crippen LogP contribution in [0.3, 0.4) is 0 Å². The van der Waals surface area contributed by atoms with Crippen LogP contribution in [0.1, 0.15) is 46.4 Å². The molecule has 1 aliphatic heterocycles. The van der Waals surface area contributed by atoms with Gasteiger partial charge in [0.15, 0.2) is 11.9 Å². The number of likely N-dealkylation sites (tertiary alicyclic amines) is 1. The van der Waals surface area contributed by atoms with Crippen molar-refractivity contribution in [3.8, 4) is 17.6 Å². The third kappa shape index (κ3) is 4.59. The van der Waals surface area contributed by atoms with Crippen molar-refractivity contribution in [1.82, 2.24) is 9.88 Å². The molecule has 0 aliphatic carbocycles. The molecular formula is C21H18F5N3O3. The fraction of sp³-hybridized carbons (Fsp3) is 0.381. The molecular weight excluding hydrogens is 437 g/mol. The molecule has 1 saturated heterocycles. The average molecular weight is 455 g/mol. The molecule has 11 heteroatoms. The molecule has 1 aromatic carbocycles. The Kier molecular flexibility index (Phi) is 6.52. The predicted octanol–water partition coefficient (Wildman–Crippen LogP) is 4.47. The van der Waals surface area contributed by atoms with Crippen molar-refractivity contribution in [1.29, 1.82) is 5.26 Å². The quantitative estimate of drug-likeness (QED) is 0.601. The Morgan fingerprint density at radius 2 is 1.94 bits per heavy atom. The minimum Gasteiger partial charge on any atom is -0.494 e. The zero-order valence-corrected chi connectivity index (χ0v) is 17.0. The summed E-state index contributed by atoms with van der Waals surface area (Å²) in [5.74, 6) is -1.45. The van der Waals surface area contributed by atoms with Gasteiger partial charge in [-0.25, -0.2) is 8.78 Å². The number of ether oxygens (including phenoxy) is 2. The Morgan fingerprint density at radius 3 is 2.44 bits per heavy atom. The van der Waals surface area contributed by atoms with Crippen molar-refractivity contribution in [3.05, 3.63) is 52.8 Å². The Balaban J connectivity index is 1.84. The highest BCUT2D eigenvalue weighted by Crippen LogP contribution is 2.38. The largest absolute Gasteiger partial charge is 0.494 e. The van der Waals surface area contributed by atoms with Crippen LogP contribution in [-0.4, -0.2) is 48.3 Å². The van der Waals surface area contributed by atoms with Crippen molar-refractivity contribution >= 4 is 5.91 Å². The highest BCUT2D eigenvalue weighted by atomic mass is 19.4. The van der Waals surface area contributed by atoms with E-state index in [2.05, 4.69) is 4.98 Å². The summed E-state index contributed by atoms with van der Waals surface area (Å²) in [7, 11) is 1.19.